The number of likely N-dealkylation sites (tertiary alicyclic amines) is 1. The average molecular weight is 486 g/mol. The van der Waals surface area contributed by atoms with Crippen LogP contribution < -0.4 is 10.2 Å². The summed E-state index contributed by atoms with van der Waals surface area (Å²) < 4.78 is 11.2. The van der Waals surface area contributed by atoms with Gasteiger partial charge in [0.05, 0.1) is 12.7 Å². The van der Waals surface area contributed by atoms with Gasteiger partial charge in [-0.05, 0) is 57.3 Å². The number of rotatable bonds is 5. The molecule has 5 rings (SSSR count). The largest absolute Gasteiger partial charge is 0.379 e. The number of aromatic nitrogens is 2. The number of methoxy groups -OCH3 is 1. The van der Waals surface area contributed by atoms with Crippen LogP contribution in [0.3, 0.4) is 0 Å². The zero-order valence-electron chi connectivity index (χ0n) is 21.6. The van der Waals surface area contributed by atoms with Crippen molar-refractivity contribution in [3.63, 3.8) is 0 Å². The molecule has 1 saturated carbocycles. The minimum atomic E-state index is 0.0508. The van der Waals surface area contributed by atoms with Gasteiger partial charge >= 0.3 is 0 Å². The van der Waals surface area contributed by atoms with Crippen molar-refractivity contribution in [2.24, 2.45) is 5.41 Å². The van der Waals surface area contributed by atoms with E-state index >= 15 is 0 Å². The highest BCUT2D eigenvalue weighted by atomic mass is 16.5. The first-order chi connectivity index (χ1) is 17.1. The summed E-state index contributed by atoms with van der Waals surface area (Å²) in [5.74, 6) is 1.02. The number of nitrogens with zero attached hydrogens (tertiary/aromatic N) is 4. The van der Waals surface area contributed by atoms with E-state index in [1.807, 2.05) is 11.8 Å². The molecular formula is C27H43N5O3. The second-order valence-corrected chi connectivity index (χ2v) is 11.2. The van der Waals surface area contributed by atoms with Crippen LogP contribution in [0.15, 0.2) is 6.33 Å². The minimum Gasteiger partial charge on any atom is -0.379 e. The van der Waals surface area contributed by atoms with E-state index in [2.05, 4.69) is 20.2 Å². The number of amides is 1. The monoisotopic (exact) mass is 485 g/mol. The molecule has 2 atom stereocenters. The van der Waals surface area contributed by atoms with Crippen molar-refractivity contribution in [1.29, 1.82) is 0 Å². The highest BCUT2D eigenvalue weighted by Crippen LogP contribution is 2.44. The third-order valence-corrected chi connectivity index (χ3v) is 8.97. The topological polar surface area (TPSA) is 79.8 Å². The summed E-state index contributed by atoms with van der Waals surface area (Å²) in [6, 6.07) is 0.728. The summed E-state index contributed by atoms with van der Waals surface area (Å²) in [7, 11) is 1.76. The lowest BCUT2D eigenvalue weighted by atomic mass is 9.69. The Balaban J connectivity index is 1.21. The van der Waals surface area contributed by atoms with Crippen molar-refractivity contribution < 1.29 is 14.3 Å². The first-order valence-electron chi connectivity index (χ1n) is 13.8. The minimum absolute atomic E-state index is 0.0508. The smallest absolute Gasteiger partial charge is 0.272 e. The number of anilines is 1. The van der Waals surface area contributed by atoms with Gasteiger partial charge in [0.15, 0.2) is 0 Å². The Kier molecular flexibility index (Phi) is 7.89. The number of carbonyl (C=O) groups is 1. The highest BCUT2D eigenvalue weighted by Gasteiger charge is 2.38. The second-order valence-electron chi connectivity index (χ2n) is 11.2. The summed E-state index contributed by atoms with van der Waals surface area (Å²) in [6.07, 6.45) is 13.9. The fourth-order valence-corrected chi connectivity index (χ4v) is 6.91. The first-order valence-corrected chi connectivity index (χ1v) is 13.8. The van der Waals surface area contributed by atoms with E-state index in [0.717, 1.165) is 63.4 Å². The van der Waals surface area contributed by atoms with Gasteiger partial charge in [0.25, 0.3) is 5.91 Å². The number of ether oxygens (including phenoxy) is 2. The molecule has 1 amide bonds. The van der Waals surface area contributed by atoms with Crippen LogP contribution in [0.5, 0.6) is 0 Å². The molecule has 1 spiro atoms. The molecule has 35 heavy (non-hydrogen) atoms. The maximum Gasteiger partial charge on any atom is 0.272 e. The van der Waals surface area contributed by atoms with Gasteiger partial charge in [0.1, 0.15) is 17.8 Å². The summed E-state index contributed by atoms with van der Waals surface area (Å²) in [6.45, 7) is 7.07. The lowest BCUT2D eigenvalue weighted by molar-refractivity contribution is -0.0533. The van der Waals surface area contributed by atoms with Gasteiger partial charge < -0.3 is 24.6 Å². The van der Waals surface area contributed by atoms with Gasteiger partial charge in [-0.3, -0.25) is 4.79 Å². The number of carbonyl (C=O) groups excluding carboxylic acids is 1. The van der Waals surface area contributed by atoms with Crippen LogP contribution in [0.1, 0.15) is 80.3 Å². The number of nitrogens with one attached hydrogen (secondary N) is 1. The van der Waals surface area contributed by atoms with E-state index in [0.29, 0.717) is 29.8 Å². The number of piperidine rings is 2. The molecule has 3 saturated heterocycles. The van der Waals surface area contributed by atoms with Crippen molar-refractivity contribution in [2.45, 2.75) is 89.3 Å². The summed E-state index contributed by atoms with van der Waals surface area (Å²) in [5.41, 5.74) is 1.96. The Bertz CT molecular complexity index is 861. The number of hydrogen-bond acceptors (Lipinski definition) is 7. The fourth-order valence-electron chi connectivity index (χ4n) is 6.91. The van der Waals surface area contributed by atoms with Crippen LogP contribution in [0.2, 0.25) is 0 Å². The van der Waals surface area contributed by atoms with E-state index in [9.17, 15) is 4.79 Å². The zero-order chi connectivity index (χ0) is 24.3. The summed E-state index contributed by atoms with van der Waals surface area (Å²) >= 11 is 0. The van der Waals surface area contributed by atoms with Gasteiger partial charge in [-0.25, -0.2) is 9.97 Å². The highest BCUT2D eigenvalue weighted by molar-refractivity contribution is 5.94. The summed E-state index contributed by atoms with van der Waals surface area (Å²) in [5, 5.41) is 3.77. The molecule has 1 N–H and O–H groups in total. The van der Waals surface area contributed by atoms with E-state index in [1.54, 1.807) is 13.4 Å². The SMILES string of the molecule is COC1COCCC1NC1CCN(C(=O)c2ncnc(N3CCCC4(CCCCC4)C3)c2C)CC1. The molecule has 1 aliphatic carbocycles. The van der Waals surface area contributed by atoms with Crippen LogP contribution in [-0.2, 0) is 9.47 Å². The Morgan fingerprint density at radius 3 is 2.63 bits per heavy atom. The van der Waals surface area contributed by atoms with E-state index < -0.39 is 0 Å². The van der Waals surface area contributed by atoms with Crippen molar-refractivity contribution in [1.82, 2.24) is 20.2 Å². The van der Waals surface area contributed by atoms with Gasteiger partial charge in [0.2, 0.25) is 0 Å². The normalized spacial score (nSPS) is 27.8. The van der Waals surface area contributed by atoms with Crippen LogP contribution in [0, 0.1) is 12.3 Å². The van der Waals surface area contributed by atoms with Crippen LogP contribution in [-0.4, -0.2) is 85.5 Å². The molecule has 1 aromatic rings. The van der Waals surface area contributed by atoms with Crippen molar-refractivity contribution in [3.8, 4) is 0 Å². The van der Waals surface area contributed by atoms with Crippen LogP contribution in [0.4, 0.5) is 5.82 Å². The van der Waals surface area contributed by atoms with Gasteiger partial charge in [0, 0.05) is 57.5 Å². The van der Waals surface area contributed by atoms with Crippen molar-refractivity contribution in [3.05, 3.63) is 17.6 Å². The third-order valence-electron chi connectivity index (χ3n) is 8.97. The molecule has 4 aliphatic rings. The molecular weight excluding hydrogens is 442 g/mol. The maximum absolute atomic E-state index is 13.5. The molecule has 8 nitrogen and oxygen atoms in total. The molecule has 0 bridgehead atoms. The Morgan fingerprint density at radius 1 is 1.09 bits per heavy atom. The number of hydrogen-bond donors (Lipinski definition) is 1. The Morgan fingerprint density at radius 2 is 1.86 bits per heavy atom. The molecule has 0 aromatic carbocycles. The third kappa shape index (κ3) is 5.49. The van der Waals surface area contributed by atoms with Crippen molar-refractivity contribution in [2.75, 3.05) is 51.4 Å². The second kappa shape index (κ2) is 11.1. The lowest BCUT2D eigenvalue weighted by Gasteiger charge is -2.46. The molecule has 0 radical (unpaired) electrons. The quantitative estimate of drug-likeness (QED) is 0.685. The molecule has 1 aromatic heterocycles. The van der Waals surface area contributed by atoms with Crippen LogP contribution in [0.25, 0.3) is 0 Å². The average Bonchev–Trinajstić information content (AvgIpc) is 2.90. The fraction of sp³-hybridized carbons (Fsp3) is 0.815. The lowest BCUT2D eigenvalue weighted by Crippen LogP contribution is -2.54. The molecule has 8 heteroatoms. The molecule has 3 aliphatic heterocycles. The van der Waals surface area contributed by atoms with E-state index in [1.165, 1.54) is 44.9 Å². The molecule has 4 heterocycles. The first kappa shape index (κ1) is 24.9. The summed E-state index contributed by atoms with van der Waals surface area (Å²) in [4.78, 5) is 27.1. The predicted molar refractivity (Wildman–Crippen MR) is 136 cm³/mol. The van der Waals surface area contributed by atoms with E-state index in [4.69, 9.17) is 9.47 Å². The molecule has 194 valence electrons. The predicted octanol–water partition coefficient (Wildman–Crippen LogP) is 3.33. The van der Waals surface area contributed by atoms with Crippen molar-refractivity contribution >= 4 is 11.7 Å². The van der Waals surface area contributed by atoms with Gasteiger partial charge in [-0.15, -0.1) is 0 Å². The Hall–Kier alpha value is -1.77. The van der Waals surface area contributed by atoms with Crippen LogP contribution >= 0.6 is 0 Å². The Labute approximate surface area is 210 Å². The molecule has 4 fully saturated rings. The zero-order valence-corrected chi connectivity index (χ0v) is 21.6. The van der Waals surface area contributed by atoms with E-state index in [-0.39, 0.29) is 12.0 Å². The molecule has 2 unspecified atom stereocenters. The standard InChI is InChI=1S/C27H43N5O3/c1-20-24(28-19-29-25(20)32-13-6-12-27(18-32)10-4-3-5-11-27)26(33)31-14-7-21(8-15-31)30-22-9-16-35-17-23(22)34-2/h19,21-23,30H,3-18H2,1-2H3. The maximum atomic E-state index is 13.5. The van der Waals surface area contributed by atoms with Gasteiger partial charge in [-0.2, -0.15) is 0 Å². The van der Waals surface area contributed by atoms with Gasteiger partial charge in [-0.1, -0.05) is 19.3 Å².